The smallest absolute Gasteiger partial charge is 0.235 e. The number of aliphatic hydroxyl groups is 2. The van der Waals surface area contributed by atoms with Crippen LogP contribution in [0.1, 0.15) is 19.4 Å². The molecule has 0 aliphatic carbocycles. The van der Waals surface area contributed by atoms with E-state index in [1.165, 1.54) is 17.0 Å². The minimum absolute atomic E-state index is 0.230. The SMILES string of the molecule is CC1(C)C(=O)N(c2ccc(C#N)c(Cl)c2)[C@H](CO)[C@@H]1O. The third-order valence-electron chi connectivity index (χ3n) is 3.74. The van der Waals surface area contributed by atoms with Gasteiger partial charge in [0.25, 0.3) is 0 Å². The molecule has 0 aromatic heterocycles. The molecule has 0 unspecified atom stereocenters. The largest absolute Gasteiger partial charge is 0.394 e. The Bertz CT molecular complexity index is 595. The van der Waals surface area contributed by atoms with Gasteiger partial charge >= 0.3 is 0 Å². The van der Waals surface area contributed by atoms with Crippen molar-refractivity contribution >= 4 is 23.2 Å². The Morgan fingerprint density at radius 1 is 1.50 bits per heavy atom. The molecule has 1 aliphatic rings. The number of nitriles is 1. The third-order valence-corrected chi connectivity index (χ3v) is 4.06. The molecule has 1 fully saturated rings. The zero-order valence-electron chi connectivity index (χ0n) is 11.2. The maximum absolute atomic E-state index is 12.4. The Morgan fingerprint density at radius 2 is 2.15 bits per heavy atom. The second-order valence-electron chi connectivity index (χ2n) is 5.37. The standard InChI is InChI=1S/C14H15ClN2O3/c1-14(2)12(19)11(7-18)17(13(14)20)9-4-3-8(6-16)10(15)5-9/h3-5,11-12,18-19H,7H2,1-2H3/t11-,12+/m1/s1. The summed E-state index contributed by atoms with van der Waals surface area (Å²) < 4.78 is 0. The van der Waals surface area contributed by atoms with Crippen LogP contribution in [-0.2, 0) is 4.79 Å². The molecule has 1 saturated heterocycles. The zero-order chi connectivity index (χ0) is 15.1. The lowest BCUT2D eigenvalue weighted by Crippen LogP contribution is -2.40. The summed E-state index contributed by atoms with van der Waals surface area (Å²) in [6.45, 7) is 2.91. The molecule has 0 spiro atoms. The van der Waals surface area contributed by atoms with Crippen molar-refractivity contribution in [2.75, 3.05) is 11.5 Å². The number of rotatable bonds is 2. The van der Waals surface area contributed by atoms with Gasteiger partial charge in [0.15, 0.2) is 0 Å². The monoisotopic (exact) mass is 294 g/mol. The number of anilines is 1. The van der Waals surface area contributed by atoms with Gasteiger partial charge in [-0.15, -0.1) is 0 Å². The fraction of sp³-hybridized carbons (Fsp3) is 0.429. The second kappa shape index (κ2) is 5.06. The molecule has 2 atom stereocenters. The van der Waals surface area contributed by atoms with Gasteiger partial charge in [0.05, 0.1) is 34.8 Å². The van der Waals surface area contributed by atoms with E-state index in [9.17, 15) is 15.0 Å². The quantitative estimate of drug-likeness (QED) is 0.861. The van der Waals surface area contributed by atoms with Crippen LogP contribution < -0.4 is 4.90 Å². The Morgan fingerprint density at radius 3 is 2.65 bits per heavy atom. The highest BCUT2D eigenvalue weighted by atomic mass is 35.5. The molecule has 6 heteroatoms. The topological polar surface area (TPSA) is 84.6 Å². The van der Waals surface area contributed by atoms with Gasteiger partial charge in [0, 0.05) is 5.69 Å². The van der Waals surface area contributed by atoms with E-state index in [-0.39, 0.29) is 17.5 Å². The van der Waals surface area contributed by atoms with E-state index < -0.39 is 17.6 Å². The number of aliphatic hydroxyl groups excluding tert-OH is 2. The van der Waals surface area contributed by atoms with Crippen LogP contribution in [0.2, 0.25) is 5.02 Å². The van der Waals surface area contributed by atoms with E-state index in [4.69, 9.17) is 16.9 Å². The molecule has 20 heavy (non-hydrogen) atoms. The molecule has 5 nitrogen and oxygen atoms in total. The minimum Gasteiger partial charge on any atom is -0.394 e. The number of hydrogen-bond acceptors (Lipinski definition) is 4. The number of carbonyl (C=O) groups is 1. The fourth-order valence-corrected chi connectivity index (χ4v) is 2.66. The van der Waals surface area contributed by atoms with Crippen LogP contribution in [0.4, 0.5) is 5.69 Å². The lowest BCUT2D eigenvalue weighted by molar-refractivity contribution is -0.126. The normalized spacial score (nSPS) is 24.8. The predicted molar refractivity (Wildman–Crippen MR) is 74.3 cm³/mol. The number of benzene rings is 1. The summed E-state index contributed by atoms with van der Waals surface area (Å²) in [7, 11) is 0. The van der Waals surface area contributed by atoms with Crippen LogP contribution in [0.25, 0.3) is 0 Å². The third kappa shape index (κ3) is 2.06. The number of carbonyl (C=O) groups excluding carboxylic acids is 1. The molecule has 1 heterocycles. The maximum Gasteiger partial charge on any atom is 0.235 e. The highest BCUT2D eigenvalue weighted by Gasteiger charge is 2.53. The van der Waals surface area contributed by atoms with Crippen molar-refractivity contribution in [1.82, 2.24) is 0 Å². The van der Waals surface area contributed by atoms with Crippen molar-refractivity contribution in [2.45, 2.75) is 26.0 Å². The van der Waals surface area contributed by atoms with Gasteiger partial charge in [-0.05, 0) is 32.0 Å². The zero-order valence-corrected chi connectivity index (χ0v) is 11.9. The van der Waals surface area contributed by atoms with E-state index in [2.05, 4.69) is 0 Å². The average molecular weight is 295 g/mol. The Hall–Kier alpha value is -1.61. The van der Waals surface area contributed by atoms with E-state index in [1.54, 1.807) is 19.9 Å². The van der Waals surface area contributed by atoms with Gasteiger partial charge < -0.3 is 15.1 Å². The van der Waals surface area contributed by atoms with Gasteiger partial charge in [-0.1, -0.05) is 11.6 Å². The first-order valence-electron chi connectivity index (χ1n) is 6.16. The first-order chi connectivity index (χ1) is 9.34. The van der Waals surface area contributed by atoms with E-state index in [1.807, 2.05) is 6.07 Å². The van der Waals surface area contributed by atoms with Gasteiger partial charge in [-0.2, -0.15) is 5.26 Å². The highest BCUT2D eigenvalue weighted by Crippen LogP contribution is 2.39. The van der Waals surface area contributed by atoms with Crippen molar-refractivity contribution in [3.05, 3.63) is 28.8 Å². The van der Waals surface area contributed by atoms with Gasteiger partial charge in [0.1, 0.15) is 6.07 Å². The van der Waals surface area contributed by atoms with Crippen LogP contribution in [-0.4, -0.2) is 34.9 Å². The minimum atomic E-state index is -0.978. The molecule has 0 radical (unpaired) electrons. The first-order valence-corrected chi connectivity index (χ1v) is 6.54. The summed E-state index contributed by atoms with van der Waals surface area (Å²) in [6, 6.07) is 5.81. The number of hydrogen-bond donors (Lipinski definition) is 2. The molecular weight excluding hydrogens is 280 g/mol. The van der Waals surface area contributed by atoms with E-state index in [0.29, 0.717) is 11.3 Å². The van der Waals surface area contributed by atoms with Gasteiger partial charge in [-0.3, -0.25) is 4.79 Å². The highest BCUT2D eigenvalue weighted by molar-refractivity contribution is 6.32. The number of halogens is 1. The fourth-order valence-electron chi connectivity index (χ4n) is 2.44. The average Bonchev–Trinajstić information content (AvgIpc) is 2.59. The van der Waals surface area contributed by atoms with Crippen molar-refractivity contribution in [1.29, 1.82) is 5.26 Å². The van der Waals surface area contributed by atoms with Crippen molar-refractivity contribution in [3.63, 3.8) is 0 Å². The maximum atomic E-state index is 12.4. The number of nitrogens with zero attached hydrogens (tertiary/aromatic N) is 2. The first kappa shape index (κ1) is 14.8. The molecule has 2 N–H and O–H groups in total. The summed E-state index contributed by atoms with van der Waals surface area (Å²) in [4.78, 5) is 13.8. The van der Waals surface area contributed by atoms with Crippen molar-refractivity contribution in [3.8, 4) is 6.07 Å². The lowest BCUT2D eigenvalue weighted by Gasteiger charge is -2.24. The number of amides is 1. The molecule has 1 aromatic rings. The Kier molecular flexibility index (Phi) is 3.74. The van der Waals surface area contributed by atoms with Gasteiger partial charge in [0.2, 0.25) is 5.91 Å². The summed E-state index contributed by atoms with van der Waals surface area (Å²) in [5.74, 6) is -0.287. The van der Waals surface area contributed by atoms with Crippen LogP contribution in [0.3, 0.4) is 0 Å². The summed E-state index contributed by atoms with van der Waals surface area (Å²) in [6.07, 6.45) is -0.977. The molecule has 0 saturated carbocycles. The van der Waals surface area contributed by atoms with Crippen LogP contribution in [0.15, 0.2) is 18.2 Å². The second-order valence-corrected chi connectivity index (χ2v) is 5.77. The Labute approximate surface area is 122 Å². The van der Waals surface area contributed by atoms with Crippen LogP contribution in [0.5, 0.6) is 0 Å². The molecule has 2 rings (SSSR count). The molecule has 0 bridgehead atoms. The molecule has 106 valence electrons. The van der Waals surface area contributed by atoms with E-state index in [0.717, 1.165) is 0 Å². The predicted octanol–water partition coefficient (Wildman–Crippen LogP) is 1.31. The lowest BCUT2D eigenvalue weighted by atomic mass is 9.87. The molecule has 1 amide bonds. The van der Waals surface area contributed by atoms with E-state index >= 15 is 0 Å². The summed E-state index contributed by atoms with van der Waals surface area (Å²) in [5, 5.41) is 28.7. The molecular formula is C14H15ClN2O3. The van der Waals surface area contributed by atoms with Crippen LogP contribution >= 0.6 is 11.6 Å². The van der Waals surface area contributed by atoms with Gasteiger partial charge in [-0.25, -0.2) is 0 Å². The van der Waals surface area contributed by atoms with Crippen LogP contribution in [0, 0.1) is 16.7 Å². The molecule has 1 aliphatic heterocycles. The summed E-state index contributed by atoms with van der Waals surface area (Å²) >= 11 is 5.97. The summed E-state index contributed by atoms with van der Waals surface area (Å²) in [5.41, 5.74) is -0.210. The Balaban J connectivity index is 2.49. The van der Waals surface area contributed by atoms with Crippen molar-refractivity contribution in [2.24, 2.45) is 5.41 Å². The van der Waals surface area contributed by atoms with Crippen molar-refractivity contribution < 1.29 is 15.0 Å². The molecule has 1 aromatic carbocycles.